The van der Waals surface area contributed by atoms with Gasteiger partial charge in [0.15, 0.2) is 12.4 Å². The molecule has 1 heterocycles. The number of hydrogen-bond acceptors (Lipinski definition) is 5. The van der Waals surface area contributed by atoms with Crippen molar-refractivity contribution in [2.45, 2.75) is 39.7 Å². The zero-order valence-electron chi connectivity index (χ0n) is 17.2. The Kier molecular flexibility index (Phi) is 8.34. The van der Waals surface area contributed by atoms with Crippen molar-refractivity contribution in [2.24, 2.45) is 0 Å². The molecule has 2 rings (SSSR count). The van der Waals surface area contributed by atoms with Crippen LogP contribution >= 0.6 is 15.9 Å². The van der Waals surface area contributed by atoms with E-state index in [4.69, 9.17) is 9.47 Å². The molecule has 0 saturated heterocycles. The summed E-state index contributed by atoms with van der Waals surface area (Å²) in [6, 6.07) is 8.83. The van der Waals surface area contributed by atoms with Gasteiger partial charge in [-0.05, 0) is 39.0 Å². The van der Waals surface area contributed by atoms with Gasteiger partial charge in [-0.25, -0.2) is 0 Å². The first kappa shape index (κ1) is 23.0. The fourth-order valence-corrected chi connectivity index (χ4v) is 3.61. The van der Waals surface area contributed by atoms with Crippen molar-refractivity contribution in [3.05, 3.63) is 57.3 Å². The summed E-state index contributed by atoms with van der Waals surface area (Å²) in [4.78, 5) is 36.6. The molecular weight excluding hydrogens is 438 g/mol. The molecule has 29 heavy (non-hydrogen) atoms. The number of carbonyl (C=O) groups is 3. The van der Waals surface area contributed by atoms with Gasteiger partial charge < -0.3 is 14.0 Å². The average Bonchev–Trinajstić information content (AvgIpc) is 2.99. The molecule has 1 unspecified atom stereocenters. The molecule has 0 radical (unpaired) electrons. The lowest BCUT2D eigenvalue weighted by atomic mass is 10.1. The van der Waals surface area contributed by atoms with Gasteiger partial charge in [-0.3, -0.25) is 14.4 Å². The van der Waals surface area contributed by atoms with Gasteiger partial charge in [0.25, 0.3) is 0 Å². The van der Waals surface area contributed by atoms with E-state index in [1.807, 2.05) is 25.3 Å². The highest BCUT2D eigenvalue weighted by Gasteiger charge is 2.20. The molecule has 0 amide bonds. The Hall–Kier alpha value is -2.25. The highest BCUT2D eigenvalue weighted by molar-refractivity contribution is 9.10. The maximum absolute atomic E-state index is 12.5. The van der Waals surface area contributed by atoms with Crippen LogP contribution in [0.2, 0.25) is 0 Å². The number of methoxy groups -OCH3 is 1. The van der Waals surface area contributed by atoms with Crippen molar-refractivity contribution in [1.29, 1.82) is 0 Å². The highest BCUT2D eigenvalue weighted by atomic mass is 79.9. The standard InChI is InChI=1S/C22H26BrNO5/c1-14-11-19(16(3)24(14)15(2)12-28-4)21(26)13-29-22(27)10-9-20(25)17-5-7-18(23)8-6-17/h5-8,11,15H,9-10,12-13H2,1-4H3. The van der Waals surface area contributed by atoms with Gasteiger partial charge >= 0.3 is 5.97 Å². The highest BCUT2D eigenvalue weighted by Crippen LogP contribution is 2.21. The third kappa shape index (κ3) is 6.11. The zero-order valence-corrected chi connectivity index (χ0v) is 18.7. The first-order chi connectivity index (χ1) is 13.7. The second-order valence-electron chi connectivity index (χ2n) is 6.97. The van der Waals surface area contributed by atoms with Crippen molar-refractivity contribution in [3.8, 4) is 0 Å². The summed E-state index contributed by atoms with van der Waals surface area (Å²) in [5.41, 5.74) is 2.83. The number of nitrogens with zero attached hydrogens (tertiary/aromatic N) is 1. The van der Waals surface area contributed by atoms with E-state index in [1.165, 1.54) is 0 Å². The third-order valence-electron chi connectivity index (χ3n) is 4.72. The van der Waals surface area contributed by atoms with Crippen LogP contribution in [0.15, 0.2) is 34.8 Å². The predicted molar refractivity (Wildman–Crippen MR) is 113 cm³/mol. The van der Waals surface area contributed by atoms with E-state index in [0.29, 0.717) is 17.7 Å². The second kappa shape index (κ2) is 10.5. The van der Waals surface area contributed by atoms with E-state index in [9.17, 15) is 14.4 Å². The van der Waals surface area contributed by atoms with Crippen molar-refractivity contribution >= 4 is 33.5 Å². The molecule has 0 saturated carbocycles. The molecule has 0 aliphatic rings. The fourth-order valence-electron chi connectivity index (χ4n) is 3.35. The molecule has 1 aromatic heterocycles. The topological polar surface area (TPSA) is 74.6 Å². The third-order valence-corrected chi connectivity index (χ3v) is 5.25. The summed E-state index contributed by atoms with van der Waals surface area (Å²) in [6.07, 6.45) is -0.0240. The first-order valence-corrected chi connectivity index (χ1v) is 10.2. The SMILES string of the molecule is COCC(C)n1c(C)cc(C(=O)COC(=O)CCC(=O)c2ccc(Br)cc2)c1C. The monoisotopic (exact) mass is 463 g/mol. The Bertz CT molecular complexity index is 885. The van der Waals surface area contributed by atoms with Crippen LogP contribution in [0, 0.1) is 13.8 Å². The van der Waals surface area contributed by atoms with Crippen LogP contribution in [0.3, 0.4) is 0 Å². The van der Waals surface area contributed by atoms with Gasteiger partial charge in [0, 0.05) is 40.5 Å². The van der Waals surface area contributed by atoms with Crippen molar-refractivity contribution in [2.75, 3.05) is 20.3 Å². The fraction of sp³-hybridized carbons (Fsp3) is 0.409. The van der Waals surface area contributed by atoms with Crippen LogP contribution in [0.1, 0.15) is 57.9 Å². The van der Waals surface area contributed by atoms with Crippen LogP contribution in [0.4, 0.5) is 0 Å². The molecule has 2 aromatic rings. The summed E-state index contributed by atoms with van der Waals surface area (Å²) < 4.78 is 13.2. The van der Waals surface area contributed by atoms with E-state index in [-0.39, 0.29) is 37.1 Å². The van der Waals surface area contributed by atoms with Gasteiger partial charge in [0.1, 0.15) is 0 Å². The lowest BCUT2D eigenvalue weighted by molar-refractivity contribution is -0.142. The van der Waals surface area contributed by atoms with Gasteiger partial charge in [-0.1, -0.05) is 28.1 Å². The summed E-state index contributed by atoms with van der Waals surface area (Å²) in [7, 11) is 1.64. The lowest BCUT2D eigenvalue weighted by Gasteiger charge is -2.17. The minimum Gasteiger partial charge on any atom is -0.457 e. The van der Waals surface area contributed by atoms with E-state index in [2.05, 4.69) is 15.9 Å². The molecule has 6 nitrogen and oxygen atoms in total. The van der Waals surface area contributed by atoms with Crippen LogP contribution in [-0.4, -0.2) is 42.4 Å². The second-order valence-corrected chi connectivity index (χ2v) is 7.89. The first-order valence-electron chi connectivity index (χ1n) is 9.39. The lowest BCUT2D eigenvalue weighted by Crippen LogP contribution is -2.17. The van der Waals surface area contributed by atoms with Gasteiger partial charge in [0.2, 0.25) is 5.78 Å². The molecule has 0 spiro atoms. The minimum absolute atomic E-state index is 0.0394. The molecule has 1 aromatic carbocycles. The maximum atomic E-state index is 12.5. The zero-order chi connectivity index (χ0) is 21.6. The molecule has 0 aliphatic carbocycles. The Morgan fingerprint density at radius 3 is 2.34 bits per heavy atom. The average molecular weight is 464 g/mol. The quantitative estimate of drug-likeness (QED) is 0.383. The van der Waals surface area contributed by atoms with Crippen LogP contribution in [-0.2, 0) is 14.3 Å². The summed E-state index contributed by atoms with van der Waals surface area (Å²) in [5, 5.41) is 0. The number of ketones is 2. The molecule has 0 bridgehead atoms. The van der Waals surface area contributed by atoms with E-state index in [1.54, 1.807) is 37.4 Å². The Morgan fingerprint density at radius 1 is 1.07 bits per heavy atom. The number of halogens is 1. The number of benzene rings is 1. The number of carbonyl (C=O) groups excluding carboxylic acids is 3. The number of Topliss-reactive ketones (excluding diaryl/α,β-unsaturated/α-hetero) is 2. The Labute approximate surface area is 179 Å². The maximum Gasteiger partial charge on any atom is 0.306 e. The number of aromatic nitrogens is 1. The summed E-state index contributed by atoms with van der Waals surface area (Å²) in [6.45, 7) is 6.00. The molecular formula is C22H26BrNO5. The number of ether oxygens (including phenoxy) is 2. The molecule has 156 valence electrons. The van der Waals surface area contributed by atoms with Crippen molar-refractivity contribution in [1.82, 2.24) is 4.57 Å². The van der Waals surface area contributed by atoms with E-state index >= 15 is 0 Å². The van der Waals surface area contributed by atoms with Crippen LogP contribution < -0.4 is 0 Å². The van der Waals surface area contributed by atoms with Crippen LogP contribution in [0.25, 0.3) is 0 Å². The Balaban J connectivity index is 1.88. The Morgan fingerprint density at radius 2 is 1.72 bits per heavy atom. The van der Waals surface area contributed by atoms with Crippen molar-refractivity contribution < 1.29 is 23.9 Å². The number of esters is 1. The normalized spacial score (nSPS) is 11.9. The molecule has 0 aliphatic heterocycles. The predicted octanol–water partition coefficient (Wildman–Crippen LogP) is 4.46. The summed E-state index contributed by atoms with van der Waals surface area (Å²) in [5.74, 6) is -0.969. The van der Waals surface area contributed by atoms with Gasteiger partial charge in [-0.2, -0.15) is 0 Å². The number of hydrogen-bond donors (Lipinski definition) is 0. The molecule has 0 N–H and O–H groups in total. The van der Waals surface area contributed by atoms with E-state index < -0.39 is 5.97 Å². The molecule has 0 fully saturated rings. The van der Waals surface area contributed by atoms with Crippen molar-refractivity contribution in [3.63, 3.8) is 0 Å². The largest absolute Gasteiger partial charge is 0.457 e. The van der Waals surface area contributed by atoms with Gasteiger partial charge in [0.05, 0.1) is 19.1 Å². The van der Waals surface area contributed by atoms with Gasteiger partial charge in [-0.15, -0.1) is 0 Å². The van der Waals surface area contributed by atoms with Crippen LogP contribution in [0.5, 0.6) is 0 Å². The molecule has 7 heteroatoms. The van der Waals surface area contributed by atoms with E-state index in [0.717, 1.165) is 15.9 Å². The summed E-state index contributed by atoms with van der Waals surface area (Å²) >= 11 is 3.31. The number of rotatable bonds is 10. The number of aryl methyl sites for hydroxylation is 1. The minimum atomic E-state index is -0.564. The smallest absolute Gasteiger partial charge is 0.306 e. The molecule has 1 atom stereocenters.